The van der Waals surface area contributed by atoms with Crippen LogP contribution < -0.4 is 0 Å². The number of hydrogen-bond donors (Lipinski definition) is 0. The van der Waals surface area contributed by atoms with E-state index < -0.39 is 0 Å². The highest BCUT2D eigenvalue weighted by Gasteiger charge is 2.17. The molecule has 6 rings (SSSR count). The zero-order valence-corrected chi connectivity index (χ0v) is 15.7. The molecule has 2 heteroatoms. The second-order valence-electron chi connectivity index (χ2n) is 7.49. The van der Waals surface area contributed by atoms with Crippen molar-refractivity contribution in [1.82, 2.24) is 0 Å². The molecule has 4 aromatic carbocycles. The molecule has 0 radical (unpaired) electrons. The molecule has 0 aliphatic rings. The minimum absolute atomic E-state index is 0.863. The fourth-order valence-corrected chi connectivity index (χ4v) is 4.34. The maximum absolute atomic E-state index is 6.42. The van der Waals surface area contributed by atoms with Crippen molar-refractivity contribution in [1.29, 1.82) is 0 Å². The molecule has 0 N–H and O–H groups in total. The van der Waals surface area contributed by atoms with Crippen LogP contribution in [0.1, 0.15) is 11.1 Å². The van der Waals surface area contributed by atoms with Crippen molar-refractivity contribution >= 4 is 43.9 Å². The quantitative estimate of drug-likeness (QED) is 0.299. The molecule has 0 saturated carbocycles. The largest absolute Gasteiger partial charge is 0.456 e. The number of benzene rings is 4. The van der Waals surface area contributed by atoms with Crippen LogP contribution in [0.2, 0.25) is 0 Å². The maximum Gasteiger partial charge on any atom is 0.143 e. The molecule has 0 atom stereocenters. The van der Waals surface area contributed by atoms with Crippen LogP contribution in [0.25, 0.3) is 55.0 Å². The third kappa shape index (κ3) is 2.03. The molecule has 134 valence electrons. The van der Waals surface area contributed by atoms with E-state index in [1.165, 1.54) is 22.3 Å². The lowest BCUT2D eigenvalue weighted by atomic mass is 9.94. The highest BCUT2D eigenvalue weighted by Crippen LogP contribution is 2.41. The van der Waals surface area contributed by atoms with Gasteiger partial charge in [-0.15, -0.1) is 0 Å². The van der Waals surface area contributed by atoms with E-state index in [9.17, 15) is 0 Å². The second-order valence-corrected chi connectivity index (χ2v) is 7.49. The Morgan fingerprint density at radius 3 is 2.18 bits per heavy atom. The number of aryl methyl sites for hydroxylation is 2. The summed E-state index contributed by atoms with van der Waals surface area (Å²) in [5, 5.41) is 4.54. The third-order valence-corrected chi connectivity index (χ3v) is 5.76. The van der Waals surface area contributed by atoms with Crippen LogP contribution in [0.3, 0.4) is 0 Å². The molecule has 2 nitrogen and oxygen atoms in total. The molecule has 0 aliphatic heterocycles. The topological polar surface area (TPSA) is 26.3 Å². The van der Waals surface area contributed by atoms with Crippen LogP contribution in [0.5, 0.6) is 0 Å². The molecule has 0 amide bonds. The number of rotatable bonds is 1. The van der Waals surface area contributed by atoms with Crippen molar-refractivity contribution in [2.75, 3.05) is 0 Å². The van der Waals surface area contributed by atoms with Crippen LogP contribution in [-0.2, 0) is 0 Å². The lowest BCUT2D eigenvalue weighted by Gasteiger charge is -2.09. The molecule has 0 unspecified atom stereocenters. The summed E-state index contributed by atoms with van der Waals surface area (Å²) in [5.74, 6) is 0. The average Bonchev–Trinajstić information content (AvgIpc) is 3.24. The lowest BCUT2D eigenvalue weighted by molar-refractivity contribution is 0.656. The van der Waals surface area contributed by atoms with Crippen molar-refractivity contribution in [3.8, 4) is 11.1 Å². The highest BCUT2D eigenvalue weighted by molar-refractivity contribution is 6.17. The number of hydrogen-bond acceptors (Lipinski definition) is 2. The van der Waals surface area contributed by atoms with Gasteiger partial charge in [-0.25, -0.2) is 0 Å². The number of furan rings is 2. The van der Waals surface area contributed by atoms with Crippen LogP contribution in [-0.4, -0.2) is 0 Å². The minimum Gasteiger partial charge on any atom is -0.456 e. The zero-order chi connectivity index (χ0) is 18.8. The summed E-state index contributed by atoms with van der Waals surface area (Å²) in [5.41, 5.74) is 8.44. The summed E-state index contributed by atoms with van der Waals surface area (Å²) in [7, 11) is 0. The molecule has 2 aromatic heterocycles. The molecule has 6 aromatic rings. The molecule has 0 spiro atoms. The van der Waals surface area contributed by atoms with Gasteiger partial charge in [-0.1, -0.05) is 54.6 Å². The first-order chi connectivity index (χ1) is 13.7. The Hall–Kier alpha value is -3.52. The smallest absolute Gasteiger partial charge is 0.143 e. The molecule has 0 aliphatic carbocycles. The molecular formula is C26H18O2. The molecular weight excluding hydrogens is 344 g/mol. The fraction of sp³-hybridized carbons (Fsp3) is 0.0769. The average molecular weight is 362 g/mol. The number of fused-ring (bicyclic) bond motifs is 6. The van der Waals surface area contributed by atoms with Gasteiger partial charge in [-0.3, -0.25) is 0 Å². The molecule has 0 saturated heterocycles. The maximum atomic E-state index is 6.42. The first-order valence-corrected chi connectivity index (χ1v) is 9.54. The van der Waals surface area contributed by atoms with Crippen molar-refractivity contribution < 1.29 is 8.83 Å². The first-order valence-electron chi connectivity index (χ1n) is 9.54. The highest BCUT2D eigenvalue weighted by atomic mass is 16.3. The van der Waals surface area contributed by atoms with Gasteiger partial charge in [0.2, 0.25) is 0 Å². The Labute approximate surface area is 162 Å². The van der Waals surface area contributed by atoms with Crippen LogP contribution in [0.4, 0.5) is 0 Å². The Bertz CT molecular complexity index is 1530. The van der Waals surface area contributed by atoms with E-state index in [4.69, 9.17) is 8.83 Å². The zero-order valence-electron chi connectivity index (χ0n) is 15.7. The van der Waals surface area contributed by atoms with E-state index in [1.54, 1.807) is 0 Å². The summed E-state index contributed by atoms with van der Waals surface area (Å²) >= 11 is 0. The summed E-state index contributed by atoms with van der Waals surface area (Å²) in [6.07, 6.45) is 0. The van der Waals surface area contributed by atoms with E-state index in [0.29, 0.717) is 0 Å². The Morgan fingerprint density at radius 1 is 0.536 bits per heavy atom. The van der Waals surface area contributed by atoms with E-state index in [1.807, 2.05) is 18.2 Å². The second kappa shape index (κ2) is 5.49. The van der Waals surface area contributed by atoms with Gasteiger partial charge in [0.15, 0.2) is 0 Å². The standard InChI is InChI=1S/C26H18O2/c1-15-7-3-4-8-17(15)25-16(2)11-12-19-21-13-20-18-9-5-6-10-22(18)27-23(20)14-24(21)28-26(19)25/h3-14H,1-2H3. The van der Waals surface area contributed by atoms with Gasteiger partial charge in [0.05, 0.1) is 0 Å². The van der Waals surface area contributed by atoms with E-state index >= 15 is 0 Å². The van der Waals surface area contributed by atoms with E-state index in [2.05, 4.69) is 68.4 Å². The molecule has 28 heavy (non-hydrogen) atoms. The number of para-hydroxylation sites is 1. The van der Waals surface area contributed by atoms with Gasteiger partial charge in [0, 0.05) is 33.2 Å². The van der Waals surface area contributed by atoms with Crippen LogP contribution in [0.15, 0.2) is 81.6 Å². The first kappa shape index (κ1) is 15.5. The summed E-state index contributed by atoms with van der Waals surface area (Å²) in [6.45, 7) is 4.29. The van der Waals surface area contributed by atoms with E-state index in [0.717, 1.165) is 43.9 Å². The molecule has 0 fully saturated rings. The van der Waals surface area contributed by atoms with Gasteiger partial charge in [0.25, 0.3) is 0 Å². The SMILES string of the molecule is Cc1ccccc1-c1c(C)ccc2c1oc1cc3oc4ccccc4c3cc12. The van der Waals surface area contributed by atoms with Gasteiger partial charge >= 0.3 is 0 Å². The monoisotopic (exact) mass is 362 g/mol. The third-order valence-electron chi connectivity index (χ3n) is 5.76. The van der Waals surface area contributed by atoms with Crippen molar-refractivity contribution in [3.05, 3.63) is 83.9 Å². The van der Waals surface area contributed by atoms with Crippen molar-refractivity contribution in [3.63, 3.8) is 0 Å². The van der Waals surface area contributed by atoms with E-state index in [-0.39, 0.29) is 0 Å². The summed E-state index contributed by atoms with van der Waals surface area (Å²) < 4.78 is 12.5. The lowest BCUT2D eigenvalue weighted by Crippen LogP contribution is -1.87. The van der Waals surface area contributed by atoms with Crippen molar-refractivity contribution in [2.45, 2.75) is 13.8 Å². The Balaban J connectivity index is 1.75. The van der Waals surface area contributed by atoms with Crippen molar-refractivity contribution in [2.24, 2.45) is 0 Å². The Kier molecular flexibility index (Phi) is 3.05. The Morgan fingerprint density at radius 2 is 1.29 bits per heavy atom. The summed E-state index contributed by atoms with van der Waals surface area (Å²) in [6, 6.07) is 25.3. The molecule has 2 heterocycles. The van der Waals surface area contributed by atoms with Crippen LogP contribution in [0, 0.1) is 13.8 Å². The minimum atomic E-state index is 0.863. The van der Waals surface area contributed by atoms with Gasteiger partial charge < -0.3 is 8.83 Å². The van der Waals surface area contributed by atoms with Gasteiger partial charge in [0.1, 0.15) is 22.3 Å². The molecule has 0 bridgehead atoms. The normalized spacial score (nSPS) is 11.9. The van der Waals surface area contributed by atoms with Gasteiger partial charge in [-0.05, 0) is 42.7 Å². The fourth-order valence-electron chi connectivity index (χ4n) is 4.34. The van der Waals surface area contributed by atoms with Gasteiger partial charge in [-0.2, -0.15) is 0 Å². The summed E-state index contributed by atoms with van der Waals surface area (Å²) in [4.78, 5) is 0. The van der Waals surface area contributed by atoms with Crippen LogP contribution >= 0.6 is 0 Å². The predicted molar refractivity (Wildman–Crippen MR) is 116 cm³/mol. The predicted octanol–water partition coefficient (Wildman–Crippen LogP) is 7.77.